The van der Waals surface area contributed by atoms with Gasteiger partial charge in [0.25, 0.3) is 0 Å². The summed E-state index contributed by atoms with van der Waals surface area (Å²) in [4.78, 5) is 35.9. The molecule has 0 spiro atoms. The van der Waals surface area contributed by atoms with Gasteiger partial charge < -0.3 is 15.7 Å². The van der Waals surface area contributed by atoms with E-state index in [4.69, 9.17) is 11.6 Å². The lowest BCUT2D eigenvalue weighted by Crippen LogP contribution is -2.52. The summed E-state index contributed by atoms with van der Waals surface area (Å²) in [7, 11) is 0. The van der Waals surface area contributed by atoms with E-state index in [1.54, 1.807) is 24.3 Å². The molecule has 0 aliphatic carbocycles. The van der Waals surface area contributed by atoms with Crippen molar-refractivity contribution >= 4 is 45.3 Å². The minimum absolute atomic E-state index is 0.0103. The van der Waals surface area contributed by atoms with E-state index in [1.165, 1.54) is 25.1 Å². The molecule has 0 aliphatic heterocycles. The Labute approximate surface area is 180 Å². The molecule has 2 amide bonds. The summed E-state index contributed by atoms with van der Waals surface area (Å²) in [6.07, 6.45) is -0.00859. The number of benzene rings is 2. The van der Waals surface area contributed by atoms with E-state index in [0.717, 1.165) is 0 Å². The van der Waals surface area contributed by atoms with Crippen LogP contribution >= 0.6 is 27.5 Å². The predicted molar refractivity (Wildman–Crippen MR) is 110 cm³/mol. The van der Waals surface area contributed by atoms with Crippen LogP contribution < -0.4 is 10.6 Å². The Morgan fingerprint density at radius 3 is 2.45 bits per heavy atom. The number of amides is 2. The zero-order valence-corrected chi connectivity index (χ0v) is 17.8. The highest BCUT2D eigenvalue weighted by Crippen LogP contribution is 2.22. The molecule has 3 N–H and O–H groups in total. The van der Waals surface area contributed by atoms with Crippen LogP contribution in [0.15, 0.2) is 46.9 Å². The number of carboxylic acid groups (broad SMARTS) is 1. The average Bonchev–Trinajstić information content (AvgIpc) is 2.63. The van der Waals surface area contributed by atoms with Crippen molar-refractivity contribution in [2.75, 3.05) is 0 Å². The molecule has 0 bridgehead atoms. The molecule has 2 rings (SSSR count). The zero-order valence-electron chi connectivity index (χ0n) is 15.4. The Kier molecular flexibility index (Phi) is 8.16. The van der Waals surface area contributed by atoms with Crippen molar-refractivity contribution in [2.24, 2.45) is 0 Å². The third-order valence-corrected chi connectivity index (χ3v) is 5.08. The Balaban J connectivity index is 2.18. The predicted octanol–water partition coefficient (Wildman–Crippen LogP) is 3.10. The highest BCUT2D eigenvalue weighted by atomic mass is 79.9. The molecule has 2 aromatic rings. The van der Waals surface area contributed by atoms with E-state index in [1.807, 2.05) is 0 Å². The smallest absolute Gasteiger partial charge is 0.326 e. The highest BCUT2D eigenvalue weighted by molar-refractivity contribution is 9.10. The fraction of sp³-hybridized carbons (Fsp3) is 0.250. The van der Waals surface area contributed by atoms with Crippen LogP contribution in [0.3, 0.4) is 0 Å². The lowest BCUT2D eigenvalue weighted by molar-refractivity contribution is -0.142. The zero-order chi connectivity index (χ0) is 21.6. The number of hydrogen-bond donors (Lipinski definition) is 3. The van der Waals surface area contributed by atoms with Gasteiger partial charge in [-0.25, -0.2) is 9.18 Å². The van der Waals surface area contributed by atoms with Crippen molar-refractivity contribution < 1.29 is 23.9 Å². The number of nitrogens with one attached hydrogen (secondary N) is 2. The lowest BCUT2D eigenvalue weighted by Gasteiger charge is -2.21. The fourth-order valence-corrected chi connectivity index (χ4v) is 3.35. The van der Waals surface area contributed by atoms with E-state index in [9.17, 15) is 23.9 Å². The third kappa shape index (κ3) is 7.14. The summed E-state index contributed by atoms with van der Waals surface area (Å²) in [5.74, 6) is -2.86. The van der Waals surface area contributed by atoms with E-state index in [0.29, 0.717) is 20.6 Å². The Bertz CT molecular complexity index is 925. The molecule has 0 fully saturated rings. The van der Waals surface area contributed by atoms with Crippen LogP contribution in [0, 0.1) is 5.82 Å². The van der Waals surface area contributed by atoms with Crippen LogP contribution in [-0.2, 0) is 27.2 Å². The normalized spacial score (nSPS) is 12.7. The number of carboxylic acids is 1. The second-order valence-corrected chi connectivity index (χ2v) is 7.72. The van der Waals surface area contributed by atoms with E-state index < -0.39 is 35.7 Å². The van der Waals surface area contributed by atoms with Gasteiger partial charge in [-0.15, -0.1) is 0 Å². The van der Waals surface area contributed by atoms with Gasteiger partial charge in [0.2, 0.25) is 11.8 Å². The molecule has 29 heavy (non-hydrogen) atoms. The molecule has 6 nitrogen and oxygen atoms in total. The van der Waals surface area contributed by atoms with E-state index in [2.05, 4.69) is 26.6 Å². The molecule has 2 atom stereocenters. The van der Waals surface area contributed by atoms with Crippen LogP contribution in [0.4, 0.5) is 4.39 Å². The standard InChI is InChI=1S/C20H19BrClFN2O4/c1-11(26)24-17(8-12-3-2-4-15(23)7-12)19(27)25-18(20(28)29)10-13-9-14(22)5-6-16(13)21/h2-7,9,17-18H,8,10H2,1H3,(H,24,26)(H,25,27)(H,28,29)/t17-,18-/m0/s1. The quantitative estimate of drug-likeness (QED) is 0.535. The minimum atomic E-state index is -1.25. The number of rotatable bonds is 8. The lowest BCUT2D eigenvalue weighted by atomic mass is 10.0. The number of carbonyl (C=O) groups is 3. The molecule has 0 heterocycles. The number of halogens is 3. The number of aliphatic carboxylic acids is 1. The van der Waals surface area contributed by atoms with Crippen molar-refractivity contribution in [1.29, 1.82) is 0 Å². The summed E-state index contributed by atoms with van der Waals surface area (Å²) >= 11 is 9.29. The topological polar surface area (TPSA) is 95.5 Å². The van der Waals surface area contributed by atoms with Crippen LogP contribution in [0.1, 0.15) is 18.1 Å². The second-order valence-electron chi connectivity index (χ2n) is 6.43. The van der Waals surface area contributed by atoms with Gasteiger partial charge in [-0.2, -0.15) is 0 Å². The molecule has 9 heteroatoms. The molecular weight excluding hydrogens is 467 g/mol. The van der Waals surface area contributed by atoms with Gasteiger partial charge in [0.1, 0.15) is 17.9 Å². The molecular formula is C20H19BrClFN2O4. The summed E-state index contributed by atoms with van der Waals surface area (Å²) in [6, 6.07) is 8.25. The molecule has 2 aromatic carbocycles. The summed E-state index contributed by atoms with van der Waals surface area (Å²) in [5, 5.41) is 14.9. The maximum Gasteiger partial charge on any atom is 0.326 e. The van der Waals surface area contributed by atoms with E-state index in [-0.39, 0.29) is 12.8 Å². The van der Waals surface area contributed by atoms with Gasteiger partial charge in [-0.1, -0.05) is 39.7 Å². The van der Waals surface area contributed by atoms with Crippen molar-refractivity contribution in [3.63, 3.8) is 0 Å². The molecule has 0 saturated carbocycles. The van der Waals surface area contributed by atoms with Gasteiger partial charge in [0.15, 0.2) is 0 Å². The van der Waals surface area contributed by atoms with Gasteiger partial charge in [0.05, 0.1) is 0 Å². The highest BCUT2D eigenvalue weighted by Gasteiger charge is 2.27. The third-order valence-electron chi connectivity index (χ3n) is 4.07. The van der Waals surface area contributed by atoms with Crippen LogP contribution in [0.2, 0.25) is 5.02 Å². The SMILES string of the molecule is CC(=O)N[C@@H](Cc1cccc(F)c1)C(=O)N[C@@H](Cc1cc(Cl)ccc1Br)C(=O)O. The average molecular weight is 486 g/mol. The summed E-state index contributed by atoms with van der Waals surface area (Å²) in [5.41, 5.74) is 1.09. The van der Waals surface area contributed by atoms with Crippen molar-refractivity contribution in [1.82, 2.24) is 10.6 Å². The van der Waals surface area contributed by atoms with Crippen LogP contribution in [-0.4, -0.2) is 35.0 Å². The second kappa shape index (κ2) is 10.4. The first-order valence-electron chi connectivity index (χ1n) is 8.64. The molecule has 0 saturated heterocycles. The first-order valence-corrected chi connectivity index (χ1v) is 9.81. The summed E-state index contributed by atoms with van der Waals surface area (Å²) in [6.45, 7) is 1.24. The first kappa shape index (κ1) is 22.8. The first-order chi connectivity index (χ1) is 13.7. The van der Waals surface area contributed by atoms with Gasteiger partial charge in [0, 0.05) is 29.3 Å². The minimum Gasteiger partial charge on any atom is -0.480 e. The largest absolute Gasteiger partial charge is 0.480 e. The molecule has 154 valence electrons. The number of carbonyl (C=O) groups excluding carboxylic acids is 2. The molecule has 0 unspecified atom stereocenters. The van der Waals surface area contributed by atoms with Crippen molar-refractivity contribution in [2.45, 2.75) is 31.8 Å². The van der Waals surface area contributed by atoms with Gasteiger partial charge in [-0.05, 0) is 41.5 Å². The van der Waals surface area contributed by atoms with Crippen molar-refractivity contribution in [3.05, 3.63) is 68.9 Å². The maximum absolute atomic E-state index is 13.4. The maximum atomic E-state index is 13.4. The fourth-order valence-electron chi connectivity index (χ4n) is 2.75. The summed E-state index contributed by atoms with van der Waals surface area (Å²) < 4.78 is 14.1. The molecule has 0 aliphatic rings. The Morgan fingerprint density at radius 1 is 1.10 bits per heavy atom. The van der Waals surface area contributed by atoms with E-state index >= 15 is 0 Å². The van der Waals surface area contributed by atoms with Gasteiger partial charge in [-0.3, -0.25) is 9.59 Å². The van der Waals surface area contributed by atoms with Crippen LogP contribution in [0.25, 0.3) is 0 Å². The molecule has 0 radical (unpaired) electrons. The van der Waals surface area contributed by atoms with Crippen LogP contribution in [0.5, 0.6) is 0 Å². The Morgan fingerprint density at radius 2 is 1.83 bits per heavy atom. The van der Waals surface area contributed by atoms with Crippen molar-refractivity contribution in [3.8, 4) is 0 Å². The van der Waals surface area contributed by atoms with Gasteiger partial charge >= 0.3 is 5.97 Å². The number of hydrogen-bond acceptors (Lipinski definition) is 3. The monoisotopic (exact) mass is 484 g/mol. The molecule has 0 aromatic heterocycles. The Hall–Kier alpha value is -2.45.